The number of amides is 3. The molecule has 32 nitrogen and oxygen atoms in total. The van der Waals surface area contributed by atoms with E-state index >= 15 is 0 Å². The molecule has 10 atom stereocenters. The Labute approximate surface area is 426 Å². The second kappa shape index (κ2) is 24.7. The molecular formula is C35H53N12O20P3S3. The predicted octanol–water partition coefficient (Wildman–Crippen LogP) is -1.75. The number of ether oxygens (including phenoxy) is 1. The molecule has 0 spiro atoms. The van der Waals surface area contributed by atoms with E-state index in [0.29, 0.717) is 6.29 Å². The SMILES string of the molecule is CO/N=C(/C(=O)NC(C=O)C1NC(C(=O)SCCNC(=O)CCNC(=O)C(O)C(C)(C)COP(=O)(O)OP(=O)(O)OCC2OC(n3cnc4c(N)ncnc43)C(O)C2OP(=O)(O)O)C(C)(C)S1)c1csc(N)n1. The van der Waals surface area contributed by atoms with E-state index in [9.17, 15) is 67.5 Å². The van der Waals surface area contributed by atoms with Gasteiger partial charge in [0.05, 0.1) is 31.0 Å². The Kier molecular flexibility index (Phi) is 20.2. The van der Waals surface area contributed by atoms with Crippen LogP contribution in [0.25, 0.3) is 11.2 Å². The third kappa shape index (κ3) is 16.2. The van der Waals surface area contributed by atoms with Crippen LogP contribution < -0.4 is 32.7 Å². The number of oxime groups is 1. The van der Waals surface area contributed by atoms with Gasteiger partial charge in [-0.1, -0.05) is 30.8 Å². The van der Waals surface area contributed by atoms with E-state index in [-0.39, 0.29) is 63.9 Å². The number of nitrogens with one attached hydrogen (secondary N) is 4. The lowest BCUT2D eigenvalue weighted by molar-refractivity contribution is -0.137. The summed E-state index contributed by atoms with van der Waals surface area (Å²) in [6, 6.07) is -1.87. The summed E-state index contributed by atoms with van der Waals surface area (Å²) in [5.74, 6) is -2.26. The Morgan fingerprint density at radius 3 is 2.42 bits per heavy atom. The fourth-order valence-electron chi connectivity index (χ4n) is 6.78. The number of aromatic nitrogens is 5. The Bertz CT molecular complexity index is 2680. The first-order valence-corrected chi connectivity index (χ1v) is 28.3. The van der Waals surface area contributed by atoms with Crippen LogP contribution in [-0.2, 0) is 65.1 Å². The highest BCUT2D eigenvalue weighted by Gasteiger charge is 2.51. The molecule has 0 saturated carbocycles. The number of phosphoric acid groups is 3. The molecule has 406 valence electrons. The molecular weight excluding hydrogens is 1100 g/mol. The van der Waals surface area contributed by atoms with Crippen molar-refractivity contribution in [2.75, 3.05) is 50.6 Å². The van der Waals surface area contributed by atoms with E-state index in [1.165, 1.54) is 38.1 Å². The molecule has 2 fully saturated rings. The summed E-state index contributed by atoms with van der Waals surface area (Å²) < 4.78 is 61.8. The summed E-state index contributed by atoms with van der Waals surface area (Å²) in [5.41, 5.74) is 9.78. The molecule has 2 aliphatic heterocycles. The average molecular weight is 1150 g/mol. The van der Waals surface area contributed by atoms with E-state index in [0.717, 1.165) is 40.3 Å². The maximum absolute atomic E-state index is 13.3. The van der Waals surface area contributed by atoms with Gasteiger partial charge < -0.3 is 71.6 Å². The Balaban J connectivity index is 1.02. The number of nitrogens with zero attached hydrogens (tertiary/aromatic N) is 6. The van der Waals surface area contributed by atoms with Crippen LogP contribution in [0.3, 0.4) is 0 Å². The van der Waals surface area contributed by atoms with Gasteiger partial charge in [0.25, 0.3) is 5.91 Å². The molecule has 0 radical (unpaired) electrons. The molecule has 3 aromatic heterocycles. The first-order chi connectivity index (χ1) is 34.0. The highest BCUT2D eigenvalue weighted by atomic mass is 32.2. The fraction of sp³-hybridized carbons (Fsp3) is 0.600. The standard InChI is InChI=1S/C35H53N12O20P3S3/c1-34(2,13-64-70(60,61)67-69(58,59)63-11-18-23(66-68(55,56)57)22(50)31(65-18)47-15-42-21-26(36)40-14-41-27(21)47)25(51)29(53)39-7-6-19(49)38-8-9-71-32(54)24-35(3,4)73-30(45-24)16(10-48)43-28(52)20(46-62-5)17-12-72-33(37)44-17/h10,12,14-16,18,22-25,30-31,45,50-51H,6-9,11,13H2,1-5H3,(H2,37,44)(H,38,49)(H,39,53)(H,43,52)(H,58,59)(H,60,61)(H2,36,40,41)(H2,55,56,57)/b46-20+. The molecule has 73 heavy (non-hydrogen) atoms. The van der Waals surface area contributed by atoms with Gasteiger partial charge in [-0.2, -0.15) is 4.31 Å². The van der Waals surface area contributed by atoms with Gasteiger partial charge in [0, 0.05) is 40.8 Å². The quantitative estimate of drug-likeness (QED) is 0.0139. The van der Waals surface area contributed by atoms with Crippen LogP contribution in [-0.4, -0.2) is 175 Å². The number of aldehydes is 1. The van der Waals surface area contributed by atoms with Gasteiger partial charge in [-0.25, -0.2) is 33.6 Å². The van der Waals surface area contributed by atoms with Gasteiger partial charge in [-0.05, 0) is 13.8 Å². The van der Waals surface area contributed by atoms with Gasteiger partial charge in [0.15, 0.2) is 28.5 Å². The van der Waals surface area contributed by atoms with Crippen LogP contribution in [0.5, 0.6) is 0 Å². The molecule has 5 heterocycles. The number of thioether (sulfide) groups is 2. The number of nitrogen functional groups attached to an aromatic ring is 2. The molecule has 3 amide bonds. The highest BCUT2D eigenvalue weighted by Crippen LogP contribution is 2.61. The molecule has 2 saturated heterocycles. The summed E-state index contributed by atoms with van der Waals surface area (Å²) in [5, 5.41) is 36.6. The maximum atomic E-state index is 13.3. The van der Waals surface area contributed by atoms with Crippen LogP contribution in [0.4, 0.5) is 10.9 Å². The normalized spacial score (nSPS) is 23.7. The third-order valence-electron chi connectivity index (χ3n) is 10.4. The number of anilines is 2. The summed E-state index contributed by atoms with van der Waals surface area (Å²) in [6.45, 7) is 3.66. The zero-order valence-corrected chi connectivity index (χ0v) is 44.1. The van der Waals surface area contributed by atoms with Crippen LogP contribution in [0.1, 0.15) is 46.0 Å². The van der Waals surface area contributed by atoms with E-state index < -0.39 is 113 Å². The number of imidazole rings is 1. The molecule has 2 aliphatic rings. The number of carbonyl (C=O) groups is 5. The van der Waals surface area contributed by atoms with Crippen LogP contribution in [0.2, 0.25) is 0 Å². The largest absolute Gasteiger partial charge is 0.481 e. The number of aliphatic hydroxyl groups excluding tert-OH is 2. The van der Waals surface area contributed by atoms with Gasteiger partial charge in [-0.15, -0.1) is 23.1 Å². The van der Waals surface area contributed by atoms with Crippen molar-refractivity contribution in [3.8, 4) is 0 Å². The summed E-state index contributed by atoms with van der Waals surface area (Å²) in [6.07, 6.45) is -6.72. The summed E-state index contributed by atoms with van der Waals surface area (Å²) in [4.78, 5) is 124. The number of rotatable bonds is 26. The predicted molar refractivity (Wildman–Crippen MR) is 258 cm³/mol. The first-order valence-electron chi connectivity index (χ1n) is 21.1. The first kappa shape index (κ1) is 59.8. The smallest absolute Gasteiger partial charge is 0.398 e. The fourth-order valence-corrected chi connectivity index (χ4v) is 12.6. The molecule has 3 aromatic rings. The highest BCUT2D eigenvalue weighted by molar-refractivity contribution is 8.14. The van der Waals surface area contributed by atoms with Crippen molar-refractivity contribution in [1.82, 2.24) is 45.8 Å². The summed E-state index contributed by atoms with van der Waals surface area (Å²) >= 11 is 3.24. The van der Waals surface area contributed by atoms with E-state index in [1.807, 2.05) is 0 Å². The van der Waals surface area contributed by atoms with E-state index in [2.05, 4.69) is 55.2 Å². The van der Waals surface area contributed by atoms with Crippen molar-refractivity contribution in [2.45, 2.75) is 87.0 Å². The number of phosphoric ester groups is 3. The van der Waals surface area contributed by atoms with E-state index in [4.69, 9.17) is 30.1 Å². The van der Waals surface area contributed by atoms with Crippen LogP contribution >= 0.6 is 58.3 Å². The zero-order chi connectivity index (χ0) is 54.3. The topological polar surface area (TPSA) is 482 Å². The number of fused-ring (bicyclic) bond motifs is 1. The Morgan fingerprint density at radius 2 is 1.78 bits per heavy atom. The van der Waals surface area contributed by atoms with E-state index in [1.54, 1.807) is 13.8 Å². The van der Waals surface area contributed by atoms with Gasteiger partial charge in [0.2, 0.25) is 16.9 Å². The second-order valence-electron chi connectivity index (χ2n) is 16.8. The molecule has 0 aromatic carbocycles. The number of nitrogens with two attached hydrogens (primary N) is 2. The zero-order valence-electron chi connectivity index (χ0n) is 39.0. The molecule has 10 unspecified atom stereocenters. The second-order valence-corrected chi connectivity index (χ2v) is 24.8. The lowest BCUT2D eigenvalue weighted by atomic mass is 9.87. The van der Waals surface area contributed by atoms with Crippen molar-refractivity contribution in [2.24, 2.45) is 10.6 Å². The van der Waals surface area contributed by atoms with Crippen molar-refractivity contribution in [3.63, 3.8) is 0 Å². The number of aliphatic hydroxyl groups is 2. The van der Waals surface area contributed by atoms with Crippen LogP contribution in [0, 0.1) is 5.41 Å². The summed E-state index contributed by atoms with van der Waals surface area (Å²) in [7, 11) is -15.3. The van der Waals surface area contributed by atoms with Crippen molar-refractivity contribution in [3.05, 3.63) is 23.7 Å². The number of hydrogen-bond acceptors (Lipinski definition) is 27. The Morgan fingerprint density at radius 1 is 1.08 bits per heavy atom. The van der Waals surface area contributed by atoms with Gasteiger partial charge in [0.1, 0.15) is 61.4 Å². The minimum Gasteiger partial charge on any atom is -0.398 e. The molecule has 14 N–H and O–H groups in total. The molecule has 0 aliphatic carbocycles. The average Bonchev–Trinajstić information content (AvgIpc) is 4.08. The van der Waals surface area contributed by atoms with Crippen molar-refractivity contribution in [1.29, 1.82) is 0 Å². The minimum atomic E-state index is -5.63. The van der Waals surface area contributed by atoms with Crippen molar-refractivity contribution < 1.29 is 94.9 Å². The van der Waals surface area contributed by atoms with Gasteiger partial charge >= 0.3 is 23.5 Å². The molecule has 5 rings (SSSR count). The monoisotopic (exact) mass is 1150 g/mol. The number of hydrogen-bond donors (Lipinski definition) is 12. The third-order valence-corrected chi connectivity index (χ3v) is 16.6. The minimum absolute atomic E-state index is 0.0115. The lowest BCUT2D eigenvalue weighted by Gasteiger charge is -2.30. The van der Waals surface area contributed by atoms with Crippen LogP contribution in [0.15, 0.2) is 23.2 Å². The maximum Gasteiger partial charge on any atom is 0.481 e. The Hall–Kier alpha value is -4.09. The van der Waals surface area contributed by atoms with Crippen molar-refractivity contribution >= 4 is 115 Å². The molecule has 0 bridgehead atoms. The number of carbonyl (C=O) groups excluding carboxylic acids is 5. The number of thiazole rings is 1. The molecule has 38 heteroatoms. The lowest BCUT2D eigenvalue weighted by Crippen LogP contribution is -2.52. The van der Waals surface area contributed by atoms with Gasteiger partial charge in [-0.3, -0.25) is 42.6 Å².